The maximum atomic E-state index is 11.2. The van der Waals surface area contributed by atoms with Crippen molar-refractivity contribution < 1.29 is 9.59 Å². The van der Waals surface area contributed by atoms with Crippen LogP contribution >= 0.6 is 0 Å². The number of urea groups is 1. The van der Waals surface area contributed by atoms with Crippen LogP contribution in [0.4, 0.5) is 10.5 Å². The molecule has 0 aliphatic heterocycles. The van der Waals surface area contributed by atoms with Gasteiger partial charge in [-0.25, -0.2) is 4.79 Å². The molecule has 0 aromatic heterocycles. The van der Waals surface area contributed by atoms with Crippen molar-refractivity contribution in [1.29, 1.82) is 0 Å². The van der Waals surface area contributed by atoms with E-state index in [4.69, 9.17) is 0 Å². The quantitative estimate of drug-likeness (QED) is 0.677. The van der Waals surface area contributed by atoms with Gasteiger partial charge in [0.15, 0.2) is 0 Å². The summed E-state index contributed by atoms with van der Waals surface area (Å²) < 4.78 is 0. The Morgan fingerprint density at radius 2 is 1.87 bits per heavy atom. The van der Waals surface area contributed by atoms with Crippen molar-refractivity contribution in [2.24, 2.45) is 0 Å². The normalized spacial score (nSPS) is 9.13. The number of para-hydroxylation sites is 1. The first-order valence-corrected chi connectivity index (χ1v) is 4.53. The first-order chi connectivity index (χ1) is 7.22. The van der Waals surface area contributed by atoms with Gasteiger partial charge in [-0.2, -0.15) is 0 Å². The number of nitrogens with one attached hydrogen (secondary N) is 3. The number of anilines is 1. The van der Waals surface area contributed by atoms with E-state index in [0.717, 1.165) is 0 Å². The van der Waals surface area contributed by atoms with Crippen molar-refractivity contribution >= 4 is 17.6 Å². The molecular formula is C10H13N3O2. The van der Waals surface area contributed by atoms with Gasteiger partial charge in [0.1, 0.15) is 0 Å². The maximum absolute atomic E-state index is 11.2. The molecule has 0 saturated carbocycles. The molecular weight excluding hydrogens is 194 g/mol. The van der Waals surface area contributed by atoms with Gasteiger partial charge in [0, 0.05) is 12.7 Å². The average Bonchev–Trinajstić information content (AvgIpc) is 2.27. The SMILES string of the molecule is CNC(=O)CNC(=O)Nc1ccccc1. The first kappa shape index (κ1) is 11.0. The van der Waals surface area contributed by atoms with Gasteiger partial charge >= 0.3 is 6.03 Å². The first-order valence-electron chi connectivity index (χ1n) is 4.53. The van der Waals surface area contributed by atoms with Crippen molar-refractivity contribution in [2.75, 3.05) is 18.9 Å². The van der Waals surface area contributed by atoms with Gasteiger partial charge in [0.25, 0.3) is 0 Å². The smallest absolute Gasteiger partial charge is 0.319 e. The van der Waals surface area contributed by atoms with Gasteiger partial charge in [-0.1, -0.05) is 18.2 Å². The molecule has 0 aliphatic carbocycles. The predicted molar refractivity (Wildman–Crippen MR) is 57.5 cm³/mol. The van der Waals surface area contributed by atoms with Crippen LogP contribution in [-0.4, -0.2) is 25.5 Å². The van der Waals surface area contributed by atoms with Gasteiger partial charge in [-0.05, 0) is 12.1 Å². The second-order valence-corrected chi connectivity index (χ2v) is 2.85. The van der Waals surface area contributed by atoms with Crippen LogP contribution < -0.4 is 16.0 Å². The Hall–Kier alpha value is -2.04. The molecule has 1 aromatic rings. The molecule has 0 bridgehead atoms. The number of rotatable bonds is 3. The molecule has 3 N–H and O–H groups in total. The summed E-state index contributed by atoms with van der Waals surface area (Å²) in [6, 6.07) is 8.61. The number of benzene rings is 1. The van der Waals surface area contributed by atoms with Crippen LogP contribution in [0.2, 0.25) is 0 Å². The summed E-state index contributed by atoms with van der Waals surface area (Å²) in [5.74, 6) is -0.238. The molecule has 0 unspecified atom stereocenters. The van der Waals surface area contributed by atoms with E-state index < -0.39 is 6.03 Å². The van der Waals surface area contributed by atoms with E-state index in [2.05, 4.69) is 16.0 Å². The summed E-state index contributed by atoms with van der Waals surface area (Å²) in [5, 5.41) is 7.41. The average molecular weight is 207 g/mol. The highest BCUT2D eigenvalue weighted by molar-refractivity contribution is 5.92. The highest BCUT2D eigenvalue weighted by atomic mass is 16.2. The van der Waals surface area contributed by atoms with Crippen molar-refractivity contribution in [3.05, 3.63) is 30.3 Å². The van der Waals surface area contributed by atoms with E-state index in [1.165, 1.54) is 7.05 Å². The van der Waals surface area contributed by atoms with E-state index in [-0.39, 0.29) is 12.5 Å². The summed E-state index contributed by atoms with van der Waals surface area (Å²) in [6.07, 6.45) is 0. The van der Waals surface area contributed by atoms with Crippen LogP contribution in [0.15, 0.2) is 30.3 Å². The fraction of sp³-hybridized carbons (Fsp3) is 0.200. The van der Waals surface area contributed by atoms with Crippen molar-refractivity contribution in [3.63, 3.8) is 0 Å². The molecule has 0 spiro atoms. The van der Waals surface area contributed by atoms with Crippen LogP contribution in [0.25, 0.3) is 0 Å². The van der Waals surface area contributed by atoms with Crippen LogP contribution in [0, 0.1) is 0 Å². The minimum atomic E-state index is -0.398. The highest BCUT2D eigenvalue weighted by Crippen LogP contribution is 2.03. The molecule has 0 atom stereocenters. The molecule has 0 saturated heterocycles. The van der Waals surface area contributed by atoms with E-state index in [1.807, 2.05) is 18.2 Å². The van der Waals surface area contributed by atoms with Gasteiger partial charge < -0.3 is 16.0 Å². The Balaban J connectivity index is 2.34. The fourth-order valence-corrected chi connectivity index (χ4v) is 0.946. The number of carbonyl (C=O) groups is 2. The standard InChI is InChI=1S/C10H13N3O2/c1-11-9(14)7-12-10(15)13-8-5-3-2-4-6-8/h2-6H,7H2,1H3,(H,11,14)(H2,12,13,15). The third-order valence-corrected chi connectivity index (χ3v) is 1.72. The molecule has 80 valence electrons. The van der Waals surface area contributed by atoms with Gasteiger partial charge in [-0.3, -0.25) is 4.79 Å². The number of hydrogen-bond acceptors (Lipinski definition) is 2. The summed E-state index contributed by atoms with van der Waals surface area (Å²) in [5.41, 5.74) is 0.687. The van der Waals surface area contributed by atoms with E-state index in [0.29, 0.717) is 5.69 Å². The third kappa shape index (κ3) is 4.12. The molecule has 0 heterocycles. The Bertz CT molecular complexity index is 338. The molecule has 15 heavy (non-hydrogen) atoms. The van der Waals surface area contributed by atoms with Crippen molar-refractivity contribution in [3.8, 4) is 0 Å². The number of likely N-dealkylation sites (N-methyl/N-ethyl adjacent to an activating group) is 1. The Morgan fingerprint density at radius 3 is 2.47 bits per heavy atom. The zero-order valence-corrected chi connectivity index (χ0v) is 8.41. The number of carbonyl (C=O) groups excluding carboxylic acids is 2. The molecule has 0 aliphatic rings. The molecule has 1 rings (SSSR count). The molecule has 0 radical (unpaired) electrons. The highest BCUT2D eigenvalue weighted by Gasteiger charge is 2.02. The lowest BCUT2D eigenvalue weighted by Gasteiger charge is -2.06. The Labute approximate surface area is 87.9 Å². The molecule has 5 heteroatoms. The van der Waals surface area contributed by atoms with Gasteiger partial charge in [-0.15, -0.1) is 0 Å². The zero-order chi connectivity index (χ0) is 11.1. The van der Waals surface area contributed by atoms with E-state index in [1.54, 1.807) is 12.1 Å². The van der Waals surface area contributed by atoms with Crippen LogP contribution in [0.3, 0.4) is 0 Å². The van der Waals surface area contributed by atoms with Crippen molar-refractivity contribution in [1.82, 2.24) is 10.6 Å². The van der Waals surface area contributed by atoms with Crippen LogP contribution in [0.1, 0.15) is 0 Å². The summed E-state index contributed by atoms with van der Waals surface area (Å²) in [4.78, 5) is 22.0. The summed E-state index contributed by atoms with van der Waals surface area (Å²) in [7, 11) is 1.51. The lowest BCUT2D eigenvalue weighted by Crippen LogP contribution is -2.37. The largest absolute Gasteiger partial charge is 0.358 e. The van der Waals surface area contributed by atoms with E-state index in [9.17, 15) is 9.59 Å². The van der Waals surface area contributed by atoms with Gasteiger partial charge in [0.2, 0.25) is 5.91 Å². The monoisotopic (exact) mass is 207 g/mol. The Kier molecular flexibility index (Phi) is 4.15. The predicted octanol–water partition coefficient (Wildman–Crippen LogP) is 0.554. The van der Waals surface area contributed by atoms with Crippen LogP contribution in [0.5, 0.6) is 0 Å². The minimum Gasteiger partial charge on any atom is -0.358 e. The van der Waals surface area contributed by atoms with E-state index >= 15 is 0 Å². The summed E-state index contributed by atoms with van der Waals surface area (Å²) >= 11 is 0. The zero-order valence-electron chi connectivity index (χ0n) is 8.41. The second-order valence-electron chi connectivity index (χ2n) is 2.85. The maximum Gasteiger partial charge on any atom is 0.319 e. The number of amides is 3. The second kappa shape index (κ2) is 5.64. The topological polar surface area (TPSA) is 70.2 Å². The van der Waals surface area contributed by atoms with Crippen molar-refractivity contribution in [2.45, 2.75) is 0 Å². The van der Waals surface area contributed by atoms with Gasteiger partial charge in [0.05, 0.1) is 6.54 Å². The van der Waals surface area contributed by atoms with Crippen LogP contribution in [-0.2, 0) is 4.79 Å². The molecule has 1 aromatic carbocycles. The summed E-state index contributed by atoms with van der Waals surface area (Å²) in [6.45, 7) is -0.0326. The lowest BCUT2D eigenvalue weighted by molar-refractivity contribution is -0.119. The fourth-order valence-electron chi connectivity index (χ4n) is 0.946. The molecule has 3 amide bonds. The number of hydrogen-bond donors (Lipinski definition) is 3. The molecule has 0 fully saturated rings. The molecule has 5 nitrogen and oxygen atoms in total. The minimum absolute atomic E-state index is 0.0326. The third-order valence-electron chi connectivity index (χ3n) is 1.72. The Morgan fingerprint density at radius 1 is 1.20 bits per heavy atom. The lowest BCUT2D eigenvalue weighted by atomic mass is 10.3.